The molecule has 1 rings (SSSR count). The van der Waals surface area contributed by atoms with Crippen LogP contribution in [0.25, 0.3) is 0 Å². The van der Waals surface area contributed by atoms with Crippen LogP contribution in [-0.2, 0) is 0 Å². The van der Waals surface area contributed by atoms with Crippen LogP contribution in [-0.4, -0.2) is 27.5 Å². The number of benzene rings is 1. The van der Waals surface area contributed by atoms with Gasteiger partial charge in [-0.05, 0) is 37.0 Å². The Labute approximate surface area is 90.0 Å². The molecule has 3 N–H and O–H groups in total. The molecular weight excluding hydrogens is 192 g/mol. The molecule has 3 nitrogen and oxygen atoms in total. The van der Waals surface area contributed by atoms with Crippen molar-refractivity contribution in [2.75, 3.05) is 0 Å². The number of hydrogen-bond acceptors (Lipinski definition) is 3. The quantitative estimate of drug-likeness (QED) is 0.707. The van der Waals surface area contributed by atoms with Crippen LogP contribution in [0, 0.1) is 0 Å². The minimum atomic E-state index is -0.704. The zero-order valence-electron chi connectivity index (χ0n) is 9.09. The fraction of sp³-hybridized carbons (Fsp3) is 0.500. The van der Waals surface area contributed by atoms with Gasteiger partial charge in [-0.3, -0.25) is 0 Å². The monoisotopic (exact) mass is 210 g/mol. The van der Waals surface area contributed by atoms with E-state index in [-0.39, 0.29) is 11.7 Å². The molecule has 0 saturated carbocycles. The molecule has 3 atom stereocenters. The van der Waals surface area contributed by atoms with Crippen molar-refractivity contribution in [1.29, 1.82) is 0 Å². The van der Waals surface area contributed by atoms with Crippen molar-refractivity contribution in [2.45, 2.75) is 38.4 Å². The van der Waals surface area contributed by atoms with Gasteiger partial charge in [0.2, 0.25) is 0 Å². The lowest BCUT2D eigenvalue weighted by atomic mass is 9.93. The summed E-state index contributed by atoms with van der Waals surface area (Å²) in [5, 5.41) is 27.8. The Balaban J connectivity index is 2.61. The van der Waals surface area contributed by atoms with Gasteiger partial charge in [0.1, 0.15) is 5.75 Å². The minimum Gasteiger partial charge on any atom is -0.508 e. The van der Waals surface area contributed by atoms with Crippen molar-refractivity contribution < 1.29 is 15.3 Å². The van der Waals surface area contributed by atoms with Gasteiger partial charge in [0.15, 0.2) is 0 Å². The molecule has 0 saturated heterocycles. The van der Waals surface area contributed by atoms with E-state index < -0.39 is 12.2 Å². The first-order valence-electron chi connectivity index (χ1n) is 5.15. The van der Waals surface area contributed by atoms with E-state index in [0.29, 0.717) is 6.42 Å². The summed E-state index contributed by atoms with van der Waals surface area (Å²) in [6, 6.07) is 6.91. The molecule has 0 spiro atoms. The Hall–Kier alpha value is -1.06. The first-order chi connectivity index (χ1) is 7.00. The molecule has 0 radical (unpaired) electrons. The molecule has 3 heteroatoms. The zero-order chi connectivity index (χ0) is 11.4. The van der Waals surface area contributed by atoms with E-state index in [9.17, 15) is 10.2 Å². The van der Waals surface area contributed by atoms with E-state index in [2.05, 4.69) is 0 Å². The SMILES string of the molecule is CC(CC(O)C(C)O)c1ccc(O)cc1. The first kappa shape index (κ1) is 12.0. The summed E-state index contributed by atoms with van der Waals surface area (Å²) in [7, 11) is 0. The summed E-state index contributed by atoms with van der Waals surface area (Å²) in [6.07, 6.45) is -0.888. The smallest absolute Gasteiger partial charge is 0.115 e. The third-order valence-electron chi connectivity index (χ3n) is 2.61. The molecule has 15 heavy (non-hydrogen) atoms. The van der Waals surface area contributed by atoms with Crippen molar-refractivity contribution in [2.24, 2.45) is 0 Å². The molecular formula is C12H18O3. The molecule has 0 bridgehead atoms. The van der Waals surface area contributed by atoms with Crippen molar-refractivity contribution in [3.8, 4) is 5.75 Å². The summed E-state index contributed by atoms with van der Waals surface area (Å²) < 4.78 is 0. The van der Waals surface area contributed by atoms with Gasteiger partial charge in [-0.2, -0.15) is 0 Å². The van der Waals surface area contributed by atoms with Gasteiger partial charge >= 0.3 is 0 Å². The summed E-state index contributed by atoms with van der Waals surface area (Å²) in [4.78, 5) is 0. The second kappa shape index (κ2) is 5.14. The van der Waals surface area contributed by atoms with Crippen LogP contribution in [0.5, 0.6) is 5.75 Å². The normalized spacial score (nSPS) is 17.1. The van der Waals surface area contributed by atoms with E-state index in [1.165, 1.54) is 0 Å². The molecule has 0 aliphatic carbocycles. The number of aromatic hydroxyl groups is 1. The number of aliphatic hydroxyl groups is 2. The Kier molecular flexibility index (Phi) is 4.12. The van der Waals surface area contributed by atoms with Crippen LogP contribution < -0.4 is 0 Å². The van der Waals surface area contributed by atoms with Crippen molar-refractivity contribution in [3.05, 3.63) is 29.8 Å². The fourth-order valence-corrected chi connectivity index (χ4v) is 1.50. The second-order valence-corrected chi connectivity index (χ2v) is 4.04. The summed E-state index contributed by atoms with van der Waals surface area (Å²) >= 11 is 0. The maximum absolute atomic E-state index is 9.51. The van der Waals surface area contributed by atoms with E-state index in [0.717, 1.165) is 5.56 Å². The van der Waals surface area contributed by atoms with Crippen LogP contribution in [0.2, 0.25) is 0 Å². The van der Waals surface area contributed by atoms with Crippen LogP contribution in [0.3, 0.4) is 0 Å². The highest BCUT2D eigenvalue weighted by Crippen LogP contribution is 2.23. The van der Waals surface area contributed by atoms with E-state index in [4.69, 9.17) is 5.11 Å². The predicted molar refractivity (Wildman–Crippen MR) is 58.8 cm³/mol. The lowest BCUT2D eigenvalue weighted by Gasteiger charge is -2.18. The standard InChI is InChI=1S/C12H18O3/c1-8(7-12(15)9(2)13)10-3-5-11(14)6-4-10/h3-6,8-9,12-15H,7H2,1-2H3. The van der Waals surface area contributed by atoms with E-state index >= 15 is 0 Å². The summed E-state index contributed by atoms with van der Waals surface area (Å²) in [6.45, 7) is 3.56. The molecule has 84 valence electrons. The third-order valence-corrected chi connectivity index (χ3v) is 2.61. The molecule has 0 aliphatic rings. The summed E-state index contributed by atoms with van der Waals surface area (Å²) in [5.41, 5.74) is 1.05. The summed E-state index contributed by atoms with van der Waals surface area (Å²) in [5.74, 6) is 0.400. The molecule has 0 aromatic heterocycles. The average Bonchev–Trinajstić information content (AvgIpc) is 2.18. The molecule has 0 heterocycles. The second-order valence-electron chi connectivity index (χ2n) is 4.04. The number of aliphatic hydroxyl groups excluding tert-OH is 2. The van der Waals surface area contributed by atoms with Crippen molar-refractivity contribution >= 4 is 0 Å². The lowest BCUT2D eigenvalue weighted by molar-refractivity contribution is 0.0227. The predicted octanol–water partition coefficient (Wildman–Crippen LogP) is 1.63. The van der Waals surface area contributed by atoms with Gasteiger partial charge in [0.25, 0.3) is 0 Å². The fourth-order valence-electron chi connectivity index (χ4n) is 1.50. The Morgan fingerprint density at radius 3 is 2.07 bits per heavy atom. The Morgan fingerprint density at radius 2 is 1.60 bits per heavy atom. The number of phenols is 1. The largest absolute Gasteiger partial charge is 0.508 e. The van der Waals surface area contributed by atoms with Gasteiger partial charge in [-0.15, -0.1) is 0 Å². The number of rotatable bonds is 4. The van der Waals surface area contributed by atoms with Gasteiger partial charge in [-0.1, -0.05) is 19.1 Å². The molecule has 0 aliphatic heterocycles. The van der Waals surface area contributed by atoms with Gasteiger partial charge in [0, 0.05) is 0 Å². The first-order valence-corrected chi connectivity index (χ1v) is 5.15. The number of phenolic OH excluding ortho intramolecular Hbond substituents is 1. The highest BCUT2D eigenvalue weighted by molar-refractivity contribution is 5.28. The lowest BCUT2D eigenvalue weighted by Crippen LogP contribution is -2.24. The Morgan fingerprint density at radius 1 is 1.07 bits per heavy atom. The van der Waals surface area contributed by atoms with E-state index in [1.54, 1.807) is 19.1 Å². The topological polar surface area (TPSA) is 60.7 Å². The third kappa shape index (κ3) is 3.53. The van der Waals surface area contributed by atoms with Crippen molar-refractivity contribution in [1.82, 2.24) is 0 Å². The highest BCUT2D eigenvalue weighted by atomic mass is 16.3. The van der Waals surface area contributed by atoms with Gasteiger partial charge < -0.3 is 15.3 Å². The molecule has 1 aromatic carbocycles. The maximum atomic E-state index is 9.51. The van der Waals surface area contributed by atoms with Gasteiger partial charge in [0.05, 0.1) is 12.2 Å². The van der Waals surface area contributed by atoms with Crippen LogP contribution in [0.15, 0.2) is 24.3 Å². The molecule has 1 aromatic rings. The van der Waals surface area contributed by atoms with Crippen LogP contribution in [0.4, 0.5) is 0 Å². The zero-order valence-corrected chi connectivity index (χ0v) is 9.09. The molecule has 0 amide bonds. The minimum absolute atomic E-state index is 0.162. The molecule has 3 unspecified atom stereocenters. The molecule has 0 fully saturated rings. The van der Waals surface area contributed by atoms with E-state index in [1.807, 2.05) is 19.1 Å². The van der Waals surface area contributed by atoms with Crippen LogP contribution >= 0.6 is 0 Å². The average molecular weight is 210 g/mol. The number of hydrogen-bond donors (Lipinski definition) is 3. The maximum Gasteiger partial charge on any atom is 0.115 e. The van der Waals surface area contributed by atoms with Gasteiger partial charge in [-0.25, -0.2) is 0 Å². The highest BCUT2D eigenvalue weighted by Gasteiger charge is 2.16. The Bertz CT molecular complexity index is 292. The van der Waals surface area contributed by atoms with Crippen LogP contribution in [0.1, 0.15) is 31.7 Å². The van der Waals surface area contributed by atoms with Crippen molar-refractivity contribution in [3.63, 3.8) is 0 Å².